The molecule has 3 N–H and O–H groups in total. The van der Waals surface area contributed by atoms with Crippen molar-refractivity contribution in [3.63, 3.8) is 0 Å². The van der Waals surface area contributed by atoms with Gasteiger partial charge in [0.15, 0.2) is 0 Å². The molecule has 0 fully saturated rings. The van der Waals surface area contributed by atoms with Crippen LogP contribution in [0.15, 0.2) is 24.3 Å². The average molecular weight is 250 g/mol. The predicted octanol–water partition coefficient (Wildman–Crippen LogP) is 2.49. The van der Waals surface area contributed by atoms with Gasteiger partial charge in [-0.05, 0) is 30.0 Å². The number of aliphatic hydroxyl groups is 1. The summed E-state index contributed by atoms with van der Waals surface area (Å²) in [5.41, 5.74) is 2.07. The maximum Gasteiger partial charge on any atom is 0.319 e. The van der Waals surface area contributed by atoms with Gasteiger partial charge in [0.2, 0.25) is 0 Å². The van der Waals surface area contributed by atoms with Crippen LogP contribution in [0.3, 0.4) is 0 Å². The Morgan fingerprint density at radius 2 is 1.83 bits per heavy atom. The lowest BCUT2D eigenvalue weighted by Gasteiger charge is -2.19. The van der Waals surface area contributed by atoms with Crippen molar-refractivity contribution in [3.8, 4) is 0 Å². The van der Waals surface area contributed by atoms with Crippen molar-refractivity contribution < 1.29 is 9.90 Å². The molecule has 18 heavy (non-hydrogen) atoms. The van der Waals surface area contributed by atoms with Crippen LogP contribution in [-0.2, 0) is 5.41 Å². The third-order valence-corrected chi connectivity index (χ3v) is 2.57. The molecular weight excluding hydrogens is 228 g/mol. The molecule has 1 aromatic carbocycles. The Balaban J connectivity index is 2.56. The van der Waals surface area contributed by atoms with Gasteiger partial charge in [0.05, 0.1) is 6.10 Å². The molecule has 0 spiro atoms. The molecule has 4 nitrogen and oxygen atoms in total. The SMILES string of the molecule is C[C@H](O)CNC(=O)Nc1ccc(C(C)(C)C)cc1. The maximum absolute atomic E-state index is 11.5. The van der Waals surface area contributed by atoms with E-state index >= 15 is 0 Å². The van der Waals surface area contributed by atoms with Gasteiger partial charge in [-0.1, -0.05) is 32.9 Å². The van der Waals surface area contributed by atoms with Crippen LogP contribution in [-0.4, -0.2) is 23.8 Å². The molecule has 0 aliphatic rings. The number of benzene rings is 1. The summed E-state index contributed by atoms with van der Waals surface area (Å²) in [4.78, 5) is 11.5. The highest BCUT2D eigenvalue weighted by molar-refractivity contribution is 5.89. The molecule has 0 heterocycles. The van der Waals surface area contributed by atoms with Gasteiger partial charge in [0.25, 0.3) is 0 Å². The predicted molar refractivity (Wildman–Crippen MR) is 73.8 cm³/mol. The van der Waals surface area contributed by atoms with Gasteiger partial charge in [-0.3, -0.25) is 0 Å². The van der Waals surface area contributed by atoms with Crippen molar-refractivity contribution in [1.82, 2.24) is 5.32 Å². The zero-order valence-corrected chi connectivity index (χ0v) is 11.4. The molecule has 0 radical (unpaired) electrons. The monoisotopic (exact) mass is 250 g/mol. The van der Waals surface area contributed by atoms with E-state index in [0.29, 0.717) is 0 Å². The third-order valence-electron chi connectivity index (χ3n) is 2.57. The summed E-state index contributed by atoms with van der Waals surface area (Å²) in [6, 6.07) is 7.46. The van der Waals surface area contributed by atoms with Gasteiger partial charge in [0.1, 0.15) is 0 Å². The number of hydrogen-bond donors (Lipinski definition) is 3. The quantitative estimate of drug-likeness (QED) is 0.771. The van der Waals surface area contributed by atoms with E-state index < -0.39 is 6.10 Å². The largest absolute Gasteiger partial charge is 0.392 e. The summed E-state index contributed by atoms with van der Waals surface area (Å²) in [7, 11) is 0. The average Bonchev–Trinajstić information content (AvgIpc) is 2.26. The van der Waals surface area contributed by atoms with E-state index in [1.54, 1.807) is 6.92 Å². The van der Waals surface area contributed by atoms with Crippen LogP contribution >= 0.6 is 0 Å². The van der Waals surface area contributed by atoms with Crippen molar-refractivity contribution in [2.24, 2.45) is 0 Å². The number of carbonyl (C=O) groups excluding carboxylic acids is 1. The molecule has 2 amide bonds. The Kier molecular flexibility index (Phi) is 4.73. The fourth-order valence-corrected chi connectivity index (χ4v) is 1.47. The maximum atomic E-state index is 11.5. The smallest absolute Gasteiger partial charge is 0.319 e. The van der Waals surface area contributed by atoms with E-state index in [9.17, 15) is 4.79 Å². The number of amides is 2. The van der Waals surface area contributed by atoms with Crippen molar-refractivity contribution in [1.29, 1.82) is 0 Å². The highest BCUT2D eigenvalue weighted by atomic mass is 16.3. The first-order valence-electron chi connectivity index (χ1n) is 6.12. The Morgan fingerprint density at radius 1 is 1.28 bits per heavy atom. The second-order valence-corrected chi connectivity index (χ2v) is 5.51. The van der Waals surface area contributed by atoms with Crippen LogP contribution in [0, 0.1) is 0 Å². The Labute approximate surface area is 108 Å². The minimum atomic E-state index is -0.543. The van der Waals surface area contributed by atoms with Crippen molar-refractivity contribution in [2.75, 3.05) is 11.9 Å². The molecular formula is C14H22N2O2. The summed E-state index contributed by atoms with van der Waals surface area (Å²) in [6.07, 6.45) is -0.543. The number of urea groups is 1. The summed E-state index contributed by atoms with van der Waals surface area (Å²) >= 11 is 0. The topological polar surface area (TPSA) is 61.4 Å². The van der Waals surface area contributed by atoms with Crippen molar-refractivity contribution in [3.05, 3.63) is 29.8 Å². The first-order valence-corrected chi connectivity index (χ1v) is 6.12. The lowest BCUT2D eigenvalue weighted by molar-refractivity contribution is 0.190. The summed E-state index contributed by atoms with van der Waals surface area (Å²) in [5, 5.41) is 14.3. The van der Waals surface area contributed by atoms with Crippen LogP contribution in [0.25, 0.3) is 0 Å². The highest BCUT2D eigenvalue weighted by Gasteiger charge is 2.13. The Bertz CT molecular complexity index is 391. The second-order valence-electron chi connectivity index (χ2n) is 5.51. The van der Waals surface area contributed by atoms with Gasteiger partial charge >= 0.3 is 6.03 Å². The van der Waals surface area contributed by atoms with Crippen LogP contribution < -0.4 is 10.6 Å². The molecule has 100 valence electrons. The molecule has 1 aromatic rings. The van der Waals surface area contributed by atoms with E-state index in [2.05, 4.69) is 31.4 Å². The molecule has 0 aliphatic carbocycles. The molecule has 1 atom stereocenters. The van der Waals surface area contributed by atoms with E-state index in [1.807, 2.05) is 24.3 Å². The molecule has 0 unspecified atom stereocenters. The molecule has 1 rings (SSSR count). The van der Waals surface area contributed by atoms with Gasteiger partial charge in [0, 0.05) is 12.2 Å². The zero-order chi connectivity index (χ0) is 13.8. The Hall–Kier alpha value is -1.55. The van der Waals surface area contributed by atoms with E-state index in [0.717, 1.165) is 5.69 Å². The van der Waals surface area contributed by atoms with Gasteiger partial charge in [-0.15, -0.1) is 0 Å². The third kappa shape index (κ3) is 4.75. The number of hydrogen-bond acceptors (Lipinski definition) is 2. The molecule has 0 aliphatic heterocycles. The number of aliphatic hydroxyl groups excluding tert-OH is 1. The minimum Gasteiger partial charge on any atom is -0.392 e. The van der Waals surface area contributed by atoms with Crippen LogP contribution in [0.1, 0.15) is 33.3 Å². The van der Waals surface area contributed by atoms with Crippen LogP contribution in [0.5, 0.6) is 0 Å². The van der Waals surface area contributed by atoms with Gasteiger partial charge in [-0.2, -0.15) is 0 Å². The number of rotatable bonds is 3. The zero-order valence-electron chi connectivity index (χ0n) is 11.4. The highest BCUT2D eigenvalue weighted by Crippen LogP contribution is 2.23. The van der Waals surface area contributed by atoms with Crippen LogP contribution in [0.4, 0.5) is 10.5 Å². The Morgan fingerprint density at radius 3 is 2.28 bits per heavy atom. The summed E-state index contributed by atoms with van der Waals surface area (Å²) < 4.78 is 0. The molecule has 4 heteroatoms. The number of nitrogens with one attached hydrogen (secondary N) is 2. The number of anilines is 1. The fraction of sp³-hybridized carbons (Fsp3) is 0.500. The molecule has 0 saturated heterocycles. The summed E-state index contributed by atoms with van der Waals surface area (Å²) in [5.74, 6) is 0. The minimum absolute atomic E-state index is 0.104. The fourth-order valence-electron chi connectivity index (χ4n) is 1.47. The van der Waals surface area contributed by atoms with Gasteiger partial charge in [-0.25, -0.2) is 4.79 Å². The van der Waals surface area contributed by atoms with E-state index in [4.69, 9.17) is 5.11 Å². The normalized spacial score (nSPS) is 12.9. The van der Waals surface area contributed by atoms with E-state index in [1.165, 1.54) is 5.56 Å². The second kappa shape index (κ2) is 5.87. The molecule has 0 saturated carbocycles. The van der Waals surface area contributed by atoms with E-state index in [-0.39, 0.29) is 18.0 Å². The standard InChI is InChI=1S/C14H22N2O2/c1-10(17)9-15-13(18)16-12-7-5-11(6-8-12)14(2,3)4/h5-8,10,17H,9H2,1-4H3,(H2,15,16,18)/t10-/m0/s1. The van der Waals surface area contributed by atoms with Crippen LogP contribution in [0.2, 0.25) is 0 Å². The molecule has 0 bridgehead atoms. The van der Waals surface area contributed by atoms with Gasteiger partial charge < -0.3 is 15.7 Å². The lowest BCUT2D eigenvalue weighted by Crippen LogP contribution is -2.34. The first kappa shape index (κ1) is 14.5. The van der Waals surface area contributed by atoms with Crippen molar-refractivity contribution in [2.45, 2.75) is 39.2 Å². The van der Waals surface area contributed by atoms with Crippen molar-refractivity contribution >= 4 is 11.7 Å². The first-order chi connectivity index (χ1) is 8.29. The molecule has 0 aromatic heterocycles. The lowest BCUT2D eigenvalue weighted by atomic mass is 9.87. The summed E-state index contributed by atoms with van der Waals surface area (Å²) in [6.45, 7) is 8.30. The number of carbonyl (C=O) groups is 1.